The fourth-order valence-corrected chi connectivity index (χ4v) is 1.35. The molecule has 0 aliphatic heterocycles. The van der Waals surface area contributed by atoms with E-state index in [1.807, 2.05) is 6.92 Å². The summed E-state index contributed by atoms with van der Waals surface area (Å²) in [5.41, 5.74) is -0.717. The monoisotopic (exact) mass is 215 g/mol. The maximum atomic E-state index is 11.7. The fraction of sp³-hybridized carbons (Fsp3) is 0.909. The lowest BCUT2D eigenvalue weighted by Crippen LogP contribution is -2.53. The van der Waals surface area contributed by atoms with Gasteiger partial charge in [-0.1, -0.05) is 0 Å². The smallest absolute Gasteiger partial charge is 0.328 e. The first-order valence-corrected chi connectivity index (χ1v) is 5.60. The third kappa shape index (κ3) is 3.18. The minimum Gasteiger partial charge on any atom is -0.465 e. The van der Waals surface area contributed by atoms with E-state index in [1.165, 1.54) is 6.42 Å². The Bertz CT molecular complexity index is 216. The standard InChI is InChI=1S/C11H21NO3/c1-4-14-10(13)11(2,12-3)8-15-9-6-5-7-9/h9,12H,4-8H2,1-3H3. The molecule has 1 N–H and O–H groups in total. The lowest BCUT2D eigenvalue weighted by Gasteiger charge is -2.32. The summed E-state index contributed by atoms with van der Waals surface area (Å²) >= 11 is 0. The molecule has 4 nitrogen and oxygen atoms in total. The fourth-order valence-electron chi connectivity index (χ4n) is 1.35. The van der Waals surface area contributed by atoms with E-state index in [9.17, 15) is 4.79 Å². The van der Waals surface area contributed by atoms with Gasteiger partial charge in [-0.15, -0.1) is 0 Å². The van der Waals surface area contributed by atoms with Gasteiger partial charge in [0.05, 0.1) is 19.3 Å². The van der Waals surface area contributed by atoms with E-state index in [-0.39, 0.29) is 5.97 Å². The summed E-state index contributed by atoms with van der Waals surface area (Å²) in [5.74, 6) is -0.244. The summed E-state index contributed by atoms with van der Waals surface area (Å²) in [6.07, 6.45) is 3.80. The molecule has 1 atom stereocenters. The zero-order valence-corrected chi connectivity index (χ0v) is 9.84. The molecule has 15 heavy (non-hydrogen) atoms. The highest BCUT2D eigenvalue weighted by atomic mass is 16.5. The number of hydrogen-bond donors (Lipinski definition) is 1. The van der Waals surface area contributed by atoms with Gasteiger partial charge in [-0.2, -0.15) is 0 Å². The molecule has 0 radical (unpaired) electrons. The van der Waals surface area contributed by atoms with Crippen molar-refractivity contribution in [1.82, 2.24) is 5.32 Å². The van der Waals surface area contributed by atoms with Crippen LogP contribution in [0.2, 0.25) is 0 Å². The summed E-state index contributed by atoms with van der Waals surface area (Å²) in [6.45, 7) is 4.40. The Morgan fingerprint density at radius 1 is 1.53 bits per heavy atom. The van der Waals surface area contributed by atoms with Crippen LogP contribution in [-0.2, 0) is 14.3 Å². The Labute approximate surface area is 91.3 Å². The Kier molecular flexibility index (Phi) is 4.54. The summed E-state index contributed by atoms with van der Waals surface area (Å²) in [4.78, 5) is 11.7. The Morgan fingerprint density at radius 2 is 2.20 bits per heavy atom. The molecule has 0 amide bonds. The molecule has 0 saturated heterocycles. The average Bonchev–Trinajstić information content (AvgIpc) is 2.15. The highest BCUT2D eigenvalue weighted by molar-refractivity contribution is 5.80. The van der Waals surface area contributed by atoms with E-state index in [4.69, 9.17) is 9.47 Å². The second-order valence-corrected chi connectivity index (χ2v) is 4.17. The third-order valence-electron chi connectivity index (χ3n) is 2.94. The summed E-state index contributed by atoms with van der Waals surface area (Å²) in [5, 5.41) is 2.97. The van der Waals surface area contributed by atoms with E-state index in [1.54, 1.807) is 14.0 Å². The van der Waals surface area contributed by atoms with Crippen LogP contribution in [-0.4, -0.2) is 37.9 Å². The molecule has 0 aromatic carbocycles. The molecule has 1 rings (SSSR count). The van der Waals surface area contributed by atoms with Gasteiger partial charge < -0.3 is 14.8 Å². The number of ether oxygens (including phenoxy) is 2. The molecule has 1 saturated carbocycles. The number of rotatable bonds is 6. The van der Waals surface area contributed by atoms with E-state index >= 15 is 0 Å². The zero-order valence-electron chi connectivity index (χ0n) is 9.84. The van der Waals surface area contributed by atoms with Crippen molar-refractivity contribution in [2.24, 2.45) is 0 Å². The number of esters is 1. The Morgan fingerprint density at radius 3 is 2.60 bits per heavy atom. The van der Waals surface area contributed by atoms with Crippen LogP contribution < -0.4 is 5.32 Å². The van der Waals surface area contributed by atoms with E-state index in [2.05, 4.69) is 5.32 Å². The predicted molar refractivity (Wildman–Crippen MR) is 57.7 cm³/mol. The molecule has 0 aromatic heterocycles. The first-order valence-electron chi connectivity index (χ1n) is 5.60. The van der Waals surface area contributed by atoms with Crippen LogP contribution in [0.25, 0.3) is 0 Å². The van der Waals surface area contributed by atoms with Crippen molar-refractivity contribution >= 4 is 5.97 Å². The molecule has 4 heteroatoms. The van der Waals surface area contributed by atoms with Crippen LogP contribution in [0.5, 0.6) is 0 Å². The van der Waals surface area contributed by atoms with Gasteiger partial charge in [0.2, 0.25) is 0 Å². The van der Waals surface area contributed by atoms with E-state index < -0.39 is 5.54 Å². The quantitative estimate of drug-likeness (QED) is 0.674. The van der Waals surface area contributed by atoms with E-state index in [0.29, 0.717) is 19.3 Å². The van der Waals surface area contributed by atoms with Gasteiger partial charge in [0.15, 0.2) is 0 Å². The van der Waals surface area contributed by atoms with Crippen LogP contribution in [0.15, 0.2) is 0 Å². The van der Waals surface area contributed by atoms with Gasteiger partial charge in [0.25, 0.3) is 0 Å². The molecular weight excluding hydrogens is 194 g/mol. The van der Waals surface area contributed by atoms with Gasteiger partial charge in [-0.25, -0.2) is 4.79 Å². The van der Waals surface area contributed by atoms with Crippen molar-refractivity contribution in [1.29, 1.82) is 0 Å². The number of hydrogen-bond acceptors (Lipinski definition) is 4. The SMILES string of the molecule is CCOC(=O)C(C)(COC1CCC1)NC. The molecule has 1 aliphatic carbocycles. The van der Waals surface area contributed by atoms with E-state index in [0.717, 1.165) is 12.8 Å². The van der Waals surface area contributed by atoms with Crippen LogP contribution in [0.3, 0.4) is 0 Å². The van der Waals surface area contributed by atoms with Crippen molar-refractivity contribution in [2.75, 3.05) is 20.3 Å². The second-order valence-electron chi connectivity index (χ2n) is 4.17. The molecular formula is C11H21NO3. The highest BCUT2D eigenvalue weighted by Crippen LogP contribution is 2.23. The van der Waals surface area contributed by atoms with Gasteiger partial charge in [0.1, 0.15) is 5.54 Å². The van der Waals surface area contributed by atoms with Gasteiger partial charge in [0, 0.05) is 0 Å². The lowest BCUT2D eigenvalue weighted by molar-refractivity contribution is -0.154. The summed E-state index contributed by atoms with van der Waals surface area (Å²) in [7, 11) is 1.75. The Hall–Kier alpha value is -0.610. The van der Waals surface area contributed by atoms with Crippen LogP contribution in [0.1, 0.15) is 33.1 Å². The zero-order chi connectivity index (χ0) is 11.3. The van der Waals surface area contributed by atoms with Gasteiger partial charge in [-0.3, -0.25) is 0 Å². The maximum absolute atomic E-state index is 11.7. The minimum absolute atomic E-state index is 0.244. The third-order valence-corrected chi connectivity index (χ3v) is 2.94. The second kappa shape index (κ2) is 5.47. The first-order chi connectivity index (χ1) is 7.12. The summed E-state index contributed by atoms with van der Waals surface area (Å²) < 4.78 is 10.6. The molecule has 1 aliphatic rings. The normalized spacial score (nSPS) is 20.5. The largest absolute Gasteiger partial charge is 0.465 e. The molecule has 0 spiro atoms. The molecule has 0 aromatic rings. The maximum Gasteiger partial charge on any atom is 0.328 e. The molecule has 1 fully saturated rings. The van der Waals surface area contributed by atoms with Crippen molar-refractivity contribution < 1.29 is 14.3 Å². The van der Waals surface area contributed by atoms with Crippen LogP contribution in [0, 0.1) is 0 Å². The van der Waals surface area contributed by atoms with Crippen molar-refractivity contribution in [2.45, 2.75) is 44.8 Å². The summed E-state index contributed by atoms with van der Waals surface area (Å²) in [6, 6.07) is 0. The predicted octanol–water partition coefficient (Wildman–Crippen LogP) is 1.10. The first kappa shape index (κ1) is 12.5. The van der Waals surface area contributed by atoms with Crippen molar-refractivity contribution in [3.63, 3.8) is 0 Å². The molecule has 0 heterocycles. The van der Waals surface area contributed by atoms with Crippen LogP contribution >= 0.6 is 0 Å². The number of likely N-dealkylation sites (N-methyl/N-ethyl adjacent to an activating group) is 1. The average molecular weight is 215 g/mol. The van der Waals surface area contributed by atoms with Crippen LogP contribution in [0.4, 0.5) is 0 Å². The number of carbonyl (C=O) groups is 1. The molecule has 1 unspecified atom stereocenters. The molecule has 0 bridgehead atoms. The van der Waals surface area contributed by atoms with Gasteiger partial charge in [-0.05, 0) is 40.2 Å². The van der Waals surface area contributed by atoms with Gasteiger partial charge >= 0.3 is 5.97 Å². The van der Waals surface area contributed by atoms with Crippen molar-refractivity contribution in [3.05, 3.63) is 0 Å². The molecule has 88 valence electrons. The van der Waals surface area contributed by atoms with Crippen molar-refractivity contribution in [3.8, 4) is 0 Å². The lowest BCUT2D eigenvalue weighted by atomic mass is 9.95. The number of nitrogens with one attached hydrogen (secondary N) is 1. The minimum atomic E-state index is -0.717. The highest BCUT2D eigenvalue weighted by Gasteiger charge is 2.35. The Balaban J connectivity index is 2.39. The topological polar surface area (TPSA) is 47.6 Å². The number of carbonyl (C=O) groups excluding carboxylic acids is 1.